The van der Waals surface area contributed by atoms with Crippen LogP contribution < -0.4 is 24.8 Å². The molecule has 3 aromatic rings. The molecule has 0 unspecified atom stereocenters. The first-order valence-electron chi connectivity index (χ1n) is 13.8. The largest absolute Gasteiger partial charge is 0.490 e. The van der Waals surface area contributed by atoms with Gasteiger partial charge in [0.1, 0.15) is 24.3 Å². The van der Waals surface area contributed by atoms with Crippen LogP contribution in [0.15, 0.2) is 60.7 Å². The monoisotopic (exact) mass is 575 g/mol. The van der Waals surface area contributed by atoms with Crippen molar-refractivity contribution in [2.75, 3.05) is 25.8 Å². The molecule has 0 radical (unpaired) electrons. The fourth-order valence-corrected chi connectivity index (χ4v) is 5.48. The van der Waals surface area contributed by atoms with Gasteiger partial charge in [-0.2, -0.15) is 0 Å². The second kappa shape index (κ2) is 11.7. The van der Waals surface area contributed by atoms with E-state index in [1.165, 1.54) is 24.3 Å². The fourth-order valence-electron chi connectivity index (χ4n) is 5.48. The molecule has 42 heavy (non-hydrogen) atoms. The number of ether oxygens (including phenoxy) is 4. The van der Waals surface area contributed by atoms with Crippen molar-refractivity contribution in [3.63, 3.8) is 0 Å². The number of hydrogen-bond donors (Lipinski definition) is 2. The van der Waals surface area contributed by atoms with E-state index in [0.717, 1.165) is 5.56 Å². The number of amides is 3. The van der Waals surface area contributed by atoms with E-state index in [1.54, 1.807) is 30.1 Å². The van der Waals surface area contributed by atoms with E-state index in [1.807, 2.05) is 18.2 Å². The average molecular weight is 576 g/mol. The summed E-state index contributed by atoms with van der Waals surface area (Å²) < 4.78 is 37.0. The predicted molar refractivity (Wildman–Crippen MR) is 149 cm³/mol. The lowest BCUT2D eigenvalue weighted by atomic mass is 9.94. The van der Waals surface area contributed by atoms with Crippen molar-refractivity contribution in [2.45, 2.75) is 44.1 Å². The highest BCUT2D eigenvalue weighted by Gasteiger charge is 2.39. The van der Waals surface area contributed by atoms with Crippen molar-refractivity contribution in [2.24, 2.45) is 0 Å². The highest BCUT2D eigenvalue weighted by molar-refractivity contribution is 6.05. The third kappa shape index (κ3) is 5.73. The molecule has 3 amide bonds. The minimum atomic E-state index is -0.635. The van der Waals surface area contributed by atoms with Gasteiger partial charge in [-0.3, -0.25) is 14.4 Å². The van der Waals surface area contributed by atoms with E-state index in [9.17, 15) is 18.8 Å². The molecule has 0 spiro atoms. The van der Waals surface area contributed by atoms with Gasteiger partial charge in [0.2, 0.25) is 12.7 Å². The molecule has 0 aliphatic carbocycles. The fraction of sp³-hybridized carbons (Fsp3) is 0.323. The van der Waals surface area contributed by atoms with E-state index in [-0.39, 0.29) is 54.9 Å². The first-order chi connectivity index (χ1) is 20.4. The first-order valence-corrected chi connectivity index (χ1v) is 13.8. The molecule has 0 saturated carbocycles. The molecule has 1 fully saturated rings. The summed E-state index contributed by atoms with van der Waals surface area (Å²) in [6.45, 7) is 0.734. The van der Waals surface area contributed by atoms with Crippen molar-refractivity contribution in [3.8, 4) is 17.2 Å². The van der Waals surface area contributed by atoms with Gasteiger partial charge in [0.25, 0.3) is 11.8 Å². The van der Waals surface area contributed by atoms with Gasteiger partial charge >= 0.3 is 0 Å². The molecule has 218 valence electrons. The molecule has 2 N–H and O–H groups in total. The molecule has 3 heterocycles. The minimum absolute atomic E-state index is 0.0951. The van der Waals surface area contributed by atoms with E-state index >= 15 is 0 Å². The van der Waals surface area contributed by atoms with E-state index < -0.39 is 17.8 Å². The van der Waals surface area contributed by atoms with Crippen LogP contribution in [0.1, 0.15) is 45.5 Å². The summed E-state index contributed by atoms with van der Waals surface area (Å²) in [5.74, 6) is 0.0249. The van der Waals surface area contributed by atoms with Gasteiger partial charge in [0.05, 0.1) is 29.7 Å². The Hall–Kier alpha value is -4.64. The van der Waals surface area contributed by atoms with Crippen LogP contribution in [0.5, 0.6) is 17.2 Å². The molecule has 3 aliphatic rings. The second-order valence-corrected chi connectivity index (χ2v) is 10.5. The Labute approximate surface area is 241 Å². The number of carbonyl (C=O) groups is 3. The highest BCUT2D eigenvalue weighted by Crippen LogP contribution is 2.34. The SMILES string of the molecule is CN1C(=O)c2cc(NC(=O)c3ccccc3F)ccc2OC[C@H]2O[C@@H](CC(=O)NCc3ccc4c(c3)OCO4)CC[C@@H]21. The molecular formula is C31H30FN3O7. The topological polar surface area (TPSA) is 115 Å². The predicted octanol–water partition coefficient (Wildman–Crippen LogP) is 3.89. The second-order valence-electron chi connectivity index (χ2n) is 10.5. The van der Waals surface area contributed by atoms with Crippen LogP contribution in [0.2, 0.25) is 0 Å². The number of likely N-dealkylation sites (N-methyl/N-ethyl adjacent to an activating group) is 1. The molecular weight excluding hydrogens is 545 g/mol. The number of benzene rings is 3. The third-order valence-corrected chi connectivity index (χ3v) is 7.73. The number of fused-ring (bicyclic) bond motifs is 3. The van der Waals surface area contributed by atoms with Crippen LogP contribution in [-0.2, 0) is 16.1 Å². The normalized spacial score (nSPS) is 20.9. The van der Waals surface area contributed by atoms with Crippen LogP contribution in [-0.4, -0.2) is 61.3 Å². The van der Waals surface area contributed by atoms with Gasteiger partial charge < -0.3 is 34.5 Å². The lowest BCUT2D eigenvalue weighted by Crippen LogP contribution is -2.53. The maximum Gasteiger partial charge on any atom is 0.258 e. The minimum Gasteiger partial charge on any atom is -0.490 e. The first kappa shape index (κ1) is 27.5. The Balaban J connectivity index is 1.07. The van der Waals surface area contributed by atoms with E-state index in [4.69, 9.17) is 18.9 Å². The summed E-state index contributed by atoms with van der Waals surface area (Å²) in [6.07, 6.45) is 0.683. The van der Waals surface area contributed by atoms with Crippen molar-refractivity contribution in [1.29, 1.82) is 0 Å². The van der Waals surface area contributed by atoms with Gasteiger partial charge in [-0.25, -0.2) is 4.39 Å². The standard InChI is InChI=1S/C31H30FN3O7/c1-35-24-9-8-20(14-29(36)33-15-18-6-10-26-27(12-18)41-17-40-26)42-28(24)16-39-25-11-7-19(13-22(25)31(35)38)34-30(37)21-4-2-3-5-23(21)32/h2-7,10-13,20,24,28H,8-9,14-17H2,1H3,(H,33,36)(H,34,37)/t20-,24+,28-/m1/s1. The third-order valence-electron chi connectivity index (χ3n) is 7.73. The van der Waals surface area contributed by atoms with Gasteiger partial charge in [-0.1, -0.05) is 18.2 Å². The number of anilines is 1. The molecule has 0 bridgehead atoms. The molecule has 6 rings (SSSR count). The molecule has 10 nitrogen and oxygen atoms in total. The van der Waals surface area contributed by atoms with Crippen molar-refractivity contribution < 1.29 is 37.7 Å². The number of hydrogen-bond acceptors (Lipinski definition) is 7. The van der Waals surface area contributed by atoms with Gasteiger partial charge in [0.15, 0.2) is 11.5 Å². The van der Waals surface area contributed by atoms with Gasteiger partial charge in [-0.15, -0.1) is 0 Å². The molecule has 3 atom stereocenters. The number of carbonyl (C=O) groups excluding carboxylic acids is 3. The Kier molecular flexibility index (Phi) is 7.66. The number of nitrogens with zero attached hydrogens (tertiary/aromatic N) is 1. The lowest BCUT2D eigenvalue weighted by Gasteiger charge is -2.42. The molecule has 0 aromatic heterocycles. The summed E-state index contributed by atoms with van der Waals surface area (Å²) in [5, 5.41) is 5.58. The summed E-state index contributed by atoms with van der Waals surface area (Å²) in [4.78, 5) is 40.4. The van der Waals surface area contributed by atoms with Gasteiger partial charge in [-0.05, 0) is 60.9 Å². The maximum atomic E-state index is 14.0. The summed E-state index contributed by atoms with van der Waals surface area (Å²) in [6, 6.07) is 15.7. The Morgan fingerprint density at radius 3 is 2.64 bits per heavy atom. The zero-order chi connectivity index (χ0) is 29.2. The Morgan fingerprint density at radius 2 is 1.79 bits per heavy atom. The molecule has 11 heteroatoms. The Morgan fingerprint density at radius 1 is 0.976 bits per heavy atom. The van der Waals surface area contributed by atoms with Crippen molar-refractivity contribution >= 4 is 23.4 Å². The number of rotatable bonds is 6. The summed E-state index contributed by atoms with van der Waals surface area (Å²) >= 11 is 0. The molecule has 3 aliphatic heterocycles. The van der Waals surface area contributed by atoms with Crippen LogP contribution in [0.4, 0.5) is 10.1 Å². The molecule has 1 saturated heterocycles. The number of nitrogens with one attached hydrogen (secondary N) is 2. The average Bonchev–Trinajstić information content (AvgIpc) is 3.46. The number of halogens is 1. The van der Waals surface area contributed by atoms with Crippen LogP contribution in [0.25, 0.3) is 0 Å². The van der Waals surface area contributed by atoms with E-state index in [2.05, 4.69) is 10.6 Å². The van der Waals surface area contributed by atoms with Crippen molar-refractivity contribution in [1.82, 2.24) is 10.2 Å². The highest BCUT2D eigenvalue weighted by atomic mass is 19.1. The lowest BCUT2D eigenvalue weighted by molar-refractivity contribution is -0.134. The van der Waals surface area contributed by atoms with E-state index in [0.29, 0.717) is 42.3 Å². The maximum absolute atomic E-state index is 14.0. The quantitative estimate of drug-likeness (QED) is 0.458. The van der Waals surface area contributed by atoms with Crippen LogP contribution >= 0.6 is 0 Å². The smallest absolute Gasteiger partial charge is 0.258 e. The zero-order valence-corrected chi connectivity index (χ0v) is 22.9. The summed E-state index contributed by atoms with van der Waals surface area (Å²) in [7, 11) is 1.71. The van der Waals surface area contributed by atoms with Crippen LogP contribution in [0.3, 0.4) is 0 Å². The molecule has 3 aromatic carbocycles. The summed E-state index contributed by atoms with van der Waals surface area (Å²) in [5.41, 5.74) is 1.44. The van der Waals surface area contributed by atoms with Crippen LogP contribution in [0, 0.1) is 5.82 Å². The van der Waals surface area contributed by atoms with Crippen molar-refractivity contribution in [3.05, 3.63) is 83.2 Å². The van der Waals surface area contributed by atoms with Gasteiger partial charge in [0, 0.05) is 19.3 Å². The Bertz CT molecular complexity index is 1530. The zero-order valence-electron chi connectivity index (χ0n) is 22.9.